The number of hydrogen-bond donors (Lipinski definition) is 0. The highest BCUT2D eigenvalue weighted by Crippen LogP contribution is 2.22. The van der Waals surface area contributed by atoms with Gasteiger partial charge in [0.1, 0.15) is 6.10 Å². The third-order valence-corrected chi connectivity index (χ3v) is 3.15. The Bertz CT molecular complexity index is 211. The van der Waals surface area contributed by atoms with Crippen molar-refractivity contribution < 1.29 is 9.53 Å². The smallest absolute Gasteiger partial charge is 0.309 e. The molecular weight excluding hydrogens is 212 g/mol. The summed E-state index contributed by atoms with van der Waals surface area (Å²) in [6, 6.07) is 0. The van der Waals surface area contributed by atoms with Crippen LogP contribution in [0.3, 0.4) is 0 Å². The summed E-state index contributed by atoms with van der Waals surface area (Å²) in [7, 11) is 0. The lowest BCUT2D eigenvalue weighted by Crippen LogP contribution is -2.32. The van der Waals surface area contributed by atoms with Crippen LogP contribution in [0.2, 0.25) is 0 Å². The van der Waals surface area contributed by atoms with Crippen LogP contribution in [0.25, 0.3) is 0 Å². The average Bonchev–Trinajstić information content (AvgIpc) is 2.20. The van der Waals surface area contributed by atoms with Gasteiger partial charge in [-0.1, -0.05) is 48.5 Å². The first kappa shape index (κ1) is 16.5. The van der Waals surface area contributed by atoms with Gasteiger partial charge in [-0.15, -0.1) is 0 Å². The predicted octanol–water partition coefficient (Wildman–Crippen LogP) is 4.28. The number of carbonyl (C=O) groups excluding carboxylic acids is 1. The Kier molecular flexibility index (Phi) is 7.49. The topological polar surface area (TPSA) is 26.3 Å². The molecule has 0 rings (SSSR count). The van der Waals surface area contributed by atoms with Gasteiger partial charge >= 0.3 is 5.97 Å². The van der Waals surface area contributed by atoms with Crippen molar-refractivity contribution in [2.45, 2.75) is 67.4 Å². The van der Waals surface area contributed by atoms with Gasteiger partial charge in [0.15, 0.2) is 0 Å². The quantitative estimate of drug-likeness (QED) is 0.623. The molecule has 0 aromatic heterocycles. The Balaban J connectivity index is 4.47. The summed E-state index contributed by atoms with van der Waals surface area (Å²) >= 11 is 0. The highest BCUT2D eigenvalue weighted by Gasteiger charge is 2.26. The maximum absolute atomic E-state index is 12.1. The molecule has 0 N–H and O–H groups in total. The maximum Gasteiger partial charge on any atom is 0.309 e. The summed E-state index contributed by atoms with van der Waals surface area (Å²) in [5.41, 5.74) is 0. The number of carbonyl (C=O) groups is 1. The zero-order valence-corrected chi connectivity index (χ0v) is 12.6. The molecule has 0 bridgehead atoms. The van der Waals surface area contributed by atoms with Crippen molar-refractivity contribution in [3.8, 4) is 0 Å². The van der Waals surface area contributed by atoms with E-state index in [0.29, 0.717) is 17.8 Å². The van der Waals surface area contributed by atoms with Gasteiger partial charge in [0.2, 0.25) is 0 Å². The summed E-state index contributed by atoms with van der Waals surface area (Å²) in [4.78, 5) is 12.1. The zero-order chi connectivity index (χ0) is 13.6. The molecule has 0 heterocycles. The first-order valence-electron chi connectivity index (χ1n) is 7.00. The van der Waals surface area contributed by atoms with E-state index in [2.05, 4.69) is 48.5 Å². The van der Waals surface area contributed by atoms with Crippen LogP contribution in [0.5, 0.6) is 0 Å². The molecule has 0 aliphatic rings. The van der Waals surface area contributed by atoms with Gasteiger partial charge < -0.3 is 4.74 Å². The summed E-state index contributed by atoms with van der Waals surface area (Å²) < 4.78 is 5.69. The second kappa shape index (κ2) is 7.73. The molecule has 0 aromatic rings. The molecule has 2 heteroatoms. The van der Waals surface area contributed by atoms with Gasteiger partial charge in [-0.05, 0) is 30.6 Å². The molecule has 0 radical (unpaired) electrons. The molecule has 0 aliphatic carbocycles. The molecule has 0 amide bonds. The maximum atomic E-state index is 12.1. The fourth-order valence-corrected chi connectivity index (χ4v) is 2.27. The van der Waals surface area contributed by atoms with Gasteiger partial charge in [-0.2, -0.15) is 0 Å². The largest absolute Gasteiger partial charge is 0.462 e. The Labute approximate surface area is 107 Å². The molecule has 102 valence electrons. The Morgan fingerprint density at radius 3 is 1.76 bits per heavy atom. The number of rotatable bonds is 7. The third-order valence-electron chi connectivity index (χ3n) is 3.15. The van der Waals surface area contributed by atoms with E-state index in [9.17, 15) is 4.79 Å². The highest BCUT2D eigenvalue weighted by atomic mass is 16.5. The molecule has 0 aromatic carbocycles. The monoisotopic (exact) mass is 242 g/mol. The highest BCUT2D eigenvalue weighted by molar-refractivity contribution is 5.72. The fourth-order valence-electron chi connectivity index (χ4n) is 2.27. The Morgan fingerprint density at radius 2 is 1.47 bits per heavy atom. The first-order chi connectivity index (χ1) is 7.79. The lowest BCUT2D eigenvalue weighted by Gasteiger charge is -2.27. The van der Waals surface area contributed by atoms with E-state index in [1.165, 1.54) is 0 Å². The Morgan fingerprint density at radius 1 is 1.00 bits per heavy atom. The van der Waals surface area contributed by atoms with Crippen LogP contribution in [-0.2, 0) is 9.53 Å². The van der Waals surface area contributed by atoms with E-state index in [-0.39, 0.29) is 18.0 Å². The Hall–Kier alpha value is -0.530. The van der Waals surface area contributed by atoms with E-state index in [4.69, 9.17) is 4.74 Å². The normalized spacial score (nSPS) is 13.8. The van der Waals surface area contributed by atoms with Crippen LogP contribution in [0, 0.1) is 23.7 Å². The molecule has 0 aliphatic heterocycles. The minimum atomic E-state index is -0.00593. The van der Waals surface area contributed by atoms with E-state index in [1.807, 2.05) is 0 Å². The minimum Gasteiger partial charge on any atom is -0.462 e. The van der Waals surface area contributed by atoms with E-state index in [0.717, 1.165) is 12.8 Å². The van der Waals surface area contributed by atoms with Crippen molar-refractivity contribution in [3.63, 3.8) is 0 Å². The van der Waals surface area contributed by atoms with E-state index >= 15 is 0 Å². The SMILES string of the molecule is CCC(CC(C)C)C(=O)OC(C(C)C)C(C)C. The third kappa shape index (κ3) is 6.09. The lowest BCUT2D eigenvalue weighted by atomic mass is 9.93. The van der Waals surface area contributed by atoms with Gasteiger partial charge in [-0.3, -0.25) is 4.79 Å². The summed E-state index contributed by atoms with van der Waals surface area (Å²) in [6.45, 7) is 14.8. The molecular formula is C15H30O2. The summed E-state index contributed by atoms with van der Waals surface area (Å²) in [5.74, 6) is 1.37. The minimum absolute atomic E-state index is 0.00593. The van der Waals surface area contributed by atoms with Crippen molar-refractivity contribution in [2.24, 2.45) is 23.7 Å². The predicted molar refractivity (Wildman–Crippen MR) is 72.8 cm³/mol. The van der Waals surface area contributed by atoms with Crippen LogP contribution in [0.4, 0.5) is 0 Å². The number of hydrogen-bond acceptors (Lipinski definition) is 2. The standard InChI is InChI=1S/C15H30O2/c1-8-13(9-10(2)3)15(16)17-14(11(4)5)12(6)7/h10-14H,8-9H2,1-7H3. The molecule has 17 heavy (non-hydrogen) atoms. The summed E-state index contributed by atoms with van der Waals surface area (Å²) in [6.07, 6.45) is 1.85. The van der Waals surface area contributed by atoms with E-state index in [1.54, 1.807) is 0 Å². The number of ether oxygens (including phenoxy) is 1. The average molecular weight is 242 g/mol. The molecule has 0 spiro atoms. The van der Waals surface area contributed by atoms with Gasteiger partial charge in [-0.25, -0.2) is 0 Å². The van der Waals surface area contributed by atoms with Crippen LogP contribution >= 0.6 is 0 Å². The van der Waals surface area contributed by atoms with Crippen LogP contribution in [0.1, 0.15) is 61.3 Å². The van der Waals surface area contributed by atoms with E-state index < -0.39 is 0 Å². The molecule has 1 atom stereocenters. The van der Waals surface area contributed by atoms with Crippen LogP contribution in [0.15, 0.2) is 0 Å². The molecule has 0 saturated heterocycles. The van der Waals surface area contributed by atoms with Gasteiger partial charge in [0.25, 0.3) is 0 Å². The molecule has 2 nitrogen and oxygen atoms in total. The molecule has 0 fully saturated rings. The summed E-state index contributed by atoms with van der Waals surface area (Å²) in [5, 5.41) is 0. The van der Waals surface area contributed by atoms with Crippen molar-refractivity contribution in [1.82, 2.24) is 0 Å². The van der Waals surface area contributed by atoms with Crippen molar-refractivity contribution in [2.75, 3.05) is 0 Å². The van der Waals surface area contributed by atoms with Gasteiger partial charge in [0, 0.05) is 0 Å². The van der Waals surface area contributed by atoms with Crippen LogP contribution in [-0.4, -0.2) is 12.1 Å². The first-order valence-corrected chi connectivity index (χ1v) is 7.00. The van der Waals surface area contributed by atoms with Gasteiger partial charge in [0.05, 0.1) is 5.92 Å². The molecule has 1 unspecified atom stereocenters. The molecule has 0 saturated carbocycles. The van der Waals surface area contributed by atoms with Crippen LogP contribution < -0.4 is 0 Å². The lowest BCUT2D eigenvalue weighted by molar-refractivity contribution is -0.159. The van der Waals surface area contributed by atoms with Crippen molar-refractivity contribution >= 4 is 5.97 Å². The van der Waals surface area contributed by atoms with Crippen molar-refractivity contribution in [3.05, 3.63) is 0 Å². The van der Waals surface area contributed by atoms with Crippen molar-refractivity contribution in [1.29, 1.82) is 0 Å². The second-order valence-electron chi connectivity index (χ2n) is 6.12. The second-order valence-corrected chi connectivity index (χ2v) is 6.12. The number of esters is 1. The fraction of sp³-hybridized carbons (Fsp3) is 0.933. The zero-order valence-electron chi connectivity index (χ0n) is 12.6.